The van der Waals surface area contributed by atoms with Gasteiger partial charge >= 0.3 is 5.97 Å². The highest BCUT2D eigenvalue weighted by atomic mass is 16.5. The summed E-state index contributed by atoms with van der Waals surface area (Å²) < 4.78 is 4.60. The summed E-state index contributed by atoms with van der Waals surface area (Å²) >= 11 is 0. The SMILES string of the molecule is COC(=O)CCNCC(C)(C)c1ccc(C)cc1. The van der Waals surface area contributed by atoms with Crippen molar-refractivity contribution in [2.24, 2.45) is 0 Å². The van der Waals surface area contributed by atoms with Crippen molar-refractivity contribution < 1.29 is 9.53 Å². The van der Waals surface area contributed by atoms with Crippen molar-refractivity contribution in [1.82, 2.24) is 5.32 Å². The monoisotopic (exact) mass is 249 g/mol. The Morgan fingerprint density at radius 1 is 1.28 bits per heavy atom. The predicted molar refractivity (Wildman–Crippen MR) is 73.7 cm³/mol. The molecule has 18 heavy (non-hydrogen) atoms. The molecule has 0 spiro atoms. The molecule has 0 heterocycles. The lowest BCUT2D eigenvalue weighted by molar-refractivity contribution is -0.140. The Bertz CT molecular complexity index is 382. The lowest BCUT2D eigenvalue weighted by atomic mass is 9.84. The van der Waals surface area contributed by atoms with Crippen molar-refractivity contribution in [3.8, 4) is 0 Å². The van der Waals surface area contributed by atoms with Gasteiger partial charge in [0, 0.05) is 18.5 Å². The molecule has 1 aromatic carbocycles. The Morgan fingerprint density at radius 3 is 2.44 bits per heavy atom. The number of ether oxygens (including phenoxy) is 1. The van der Waals surface area contributed by atoms with Gasteiger partial charge in [-0.15, -0.1) is 0 Å². The Balaban J connectivity index is 2.44. The van der Waals surface area contributed by atoms with E-state index in [1.165, 1.54) is 18.2 Å². The van der Waals surface area contributed by atoms with Gasteiger partial charge in [-0.2, -0.15) is 0 Å². The molecule has 3 heteroatoms. The number of aryl methyl sites for hydroxylation is 1. The molecule has 1 rings (SSSR count). The van der Waals surface area contributed by atoms with Gasteiger partial charge < -0.3 is 10.1 Å². The average molecular weight is 249 g/mol. The van der Waals surface area contributed by atoms with E-state index in [0.29, 0.717) is 13.0 Å². The fourth-order valence-corrected chi connectivity index (χ4v) is 1.80. The van der Waals surface area contributed by atoms with Crippen molar-refractivity contribution in [2.45, 2.75) is 32.6 Å². The molecule has 0 aromatic heterocycles. The number of benzene rings is 1. The first kappa shape index (κ1) is 14.7. The van der Waals surface area contributed by atoms with Gasteiger partial charge in [0.05, 0.1) is 13.5 Å². The summed E-state index contributed by atoms with van der Waals surface area (Å²) in [6, 6.07) is 8.59. The molecule has 100 valence electrons. The van der Waals surface area contributed by atoms with Crippen LogP contribution in [-0.4, -0.2) is 26.2 Å². The second kappa shape index (κ2) is 6.55. The van der Waals surface area contributed by atoms with Crippen LogP contribution in [0.4, 0.5) is 0 Å². The van der Waals surface area contributed by atoms with Crippen LogP contribution in [0.1, 0.15) is 31.4 Å². The second-order valence-corrected chi connectivity index (χ2v) is 5.25. The van der Waals surface area contributed by atoms with Crippen LogP contribution in [0.3, 0.4) is 0 Å². The van der Waals surface area contributed by atoms with Crippen LogP contribution < -0.4 is 5.32 Å². The molecule has 0 bridgehead atoms. The first-order valence-corrected chi connectivity index (χ1v) is 6.30. The molecule has 1 aromatic rings. The van der Waals surface area contributed by atoms with Gasteiger partial charge in [-0.25, -0.2) is 0 Å². The molecule has 0 saturated carbocycles. The smallest absolute Gasteiger partial charge is 0.306 e. The minimum Gasteiger partial charge on any atom is -0.469 e. The van der Waals surface area contributed by atoms with Gasteiger partial charge in [-0.3, -0.25) is 4.79 Å². The third-order valence-electron chi connectivity index (χ3n) is 3.13. The van der Waals surface area contributed by atoms with E-state index in [0.717, 1.165) is 6.54 Å². The maximum Gasteiger partial charge on any atom is 0.306 e. The quantitative estimate of drug-likeness (QED) is 0.621. The zero-order chi connectivity index (χ0) is 13.6. The Morgan fingerprint density at radius 2 is 1.89 bits per heavy atom. The van der Waals surface area contributed by atoms with Crippen LogP contribution in [0.15, 0.2) is 24.3 Å². The fraction of sp³-hybridized carbons (Fsp3) is 0.533. The third-order valence-corrected chi connectivity index (χ3v) is 3.13. The van der Waals surface area contributed by atoms with E-state index >= 15 is 0 Å². The summed E-state index contributed by atoms with van der Waals surface area (Å²) in [5.74, 6) is -0.171. The summed E-state index contributed by atoms with van der Waals surface area (Å²) in [5, 5.41) is 3.30. The molecule has 0 aliphatic heterocycles. The van der Waals surface area contributed by atoms with E-state index in [2.05, 4.69) is 55.1 Å². The van der Waals surface area contributed by atoms with Gasteiger partial charge in [0.2, 0.25) is 0 Å². The normalized spacial score (nSPS) is 11.3. The van der Waals surface area contributed by atoms with Crippen LogP contribution >= 0.6 is 0 Å². The maximum absolute atomic E-state index is 11.0. The number of nitrogens with one attached hydrogen (secondary N) is 1. The summed E-state index contributed by atoms with van der Waals surface area (Å²) in [6.45, 7) is 7.98. The Hall–Kier alpha value is -1.35. The van der Waals surface area contributed by atoms with Crippen molar-refractivity contribution in [2.75, 3.05) is 20.2 Å². The summed E-state index contributed by atoms with van der Waals surface area (Å²) in [4.78, 5) is 11.0. The van der Waals surface area contributed by atoms with Gasteiger partial charge in [-0.05, 0) is 12.5 Å². The van der Waals surface area contributed by atoms with E-state index in [1.54, 1.807) is 0 Å². The van der Waals surface area contributed by atoms with E-state index in [1.807, 2.05) is 0 Å². The molecule has 0 saturated heterocycles. The van der Waals surface area contributed by atoms with Crippen molar-refractivity contribution in [3.05, 3.63) is 35.4 Å². The van der Waals surface area contributed by atoms with E-state index in [4.69, 9.17) is 0 Å². The number of rotatable bonds is 6. The Labute approximate surface area is 110 Å². The van der Waals surface area contributed by atoms with Crippen molar-refractivity contribution >= 4 is 5.97 Å². The molecule has 0 unspecified atom stereocenters. The maximum atomic E-state index is 11.0. The van der Waals surface area contributed by atoms with Crippen molar-refractivity contribution in [1.29, 1.82) is 0 Å². The molecular formula is C15H23NO2. The van der Waals surface area contributed by atoms with E-state index < -0.39 is 0 Å². The van der Waals surface area contributed by atoms with Crippen LogP contribution in [0, 0.1) is 6.92 Å². The largest absolute Gasteiger partial charge is 0.469 e. The minimum absolute atomic E-state index is 0.0593. The molecule has 0 radical (unpaired) electrons. The number of hydrogen-bond donors (Lipinski definition) is 1. The molecule has 3 nitrogen and oxygen atoms in total. The number of carbonyl (C=O) groups is 1. The Kier molecular flexibility index (Phi) is 5.35. The lowest BCUT2D eigenvalue weighted by Crippen LogP contribution is -2.34. The van der Waals surface area contributed by atoms with Gasteiger partial charge in [-0.1, -0.05) is 43.7 Å². The van der Waals surface area contributed by atoms with Gasteiger partial charge in [0.25, 0.3) is 0 Å². The zero-order valence-electron chi connectivity index (χ0n) is 11.7. The average Bonchev–Trinajstić information content (AvgIpc) is 2.35. The standard InChI is InChI=1S/C15H23NO2/c1-12-5-7-13(8-6-12)15(2,3)11-16-10-9-14(17)18-4/h5-8,16H,9-11H2,1-4H3. The van der Waals surface area contributed by atoms with Gasteiger partial charge in [0.1, 0.15) is 0 Å². The number of carbonyl (C=O) groups excluding carboxylic acids is 1. The van der Waals surface area contributed by atoms with Crippen LogP contribution in [0.5, 0.6) is 0 Å². The molecule has 0 aliphatic rings. The fourth-order valence-electron chi connectivity index (χ4n) is 1.80. The summed E-state index contributed by atoms with van der Waals surface area (Å²) in [6.07, 6.45) is 0.417. The molecule has 0 atom stereocenters. The van der Waals surface area contributed by atoms with Gasteiger partial charge in [0.15, 0.2) is 0 Å². The van der Waals surface area contributed by atoms with E-state index in [9.17, 15) is 4.79 Å². The van der Waals surface area contributed by atoms with Crippen LogP contribution in [-0.2, 0) is 14.9 Å². The highest BCUT2D eigenvalue weighted by Gasteiger charge is 2.19. The molecule has 0 amide bonds. The summed E-state index contributed by atoms with van der Waals surface area (Å²) in [7, 11) is 1.42. The highest BCUT2D eigenvalue weighted by Crippen LogP contribution is 2.22. The molecular weight excluding hydrogens is 226 g/mol. The minimum atomic E-state index is -0.171. The number of methoxy groups -OCH3 is 1. The van der Waals surface area contributed by atoms with E-state index in [-0.39, 0.29) is 11.4 Å². The molecule has 0 aliphatic carbocycles. The zero-order valence-corrected chi connectivity index (χ0v) is 11.7. The molecule has 0 fully saturated rings. The lowest BCUT2D eigenvalue weighted by Gasteiger charge is -2.26. The predicted octanol–water partition coefficient (Wildman–Crippen LogP) is 2.43. The first-order chi connectivity index (χ1) is 8.45. The van der Waals surface area contributed by atoms with Crippen LogP contribution in [0.25, 0.3) is 0 Å². The third kappa shape index (κ3) is 4.49. The highest BCUT2D eigenvalue weighted by molar-refractivity contribution is 5.69. The second-order valence-electron chi connectivity index (χ2n) is 5.25. The number of hydrogen-bond acceptors (Lipinski definition) is 3. The molecule has 1 N–H and O–H groups in total. The van der Waals surface area contributed by atoms with Crippen molar-refractivity contribution in [3.63, 3.8) is 0 Å². The summed E-state index contributed by atoms with van der Waals surface area (Å²) in [5.41, 5.74) is 2.64. The number of esters is 1. The van der Waals surface area contributed by atoms with Crippen LogP contribution in [0.2, 0.25) is 0 Å². The topological polar surface area (TPSA) is 38.3 Å². The first-order valence-electron chi connectivity index (χ1n) is 6.30.